The third kappa shape index (κ3) is 5.69. The lowest BCUT2D eigenvalue weighted by molar-refractivity contribution is 0.311. The Morgan fingerprint density at radius 2 is 1.58 bits per heavy atom. The first-order valence-corrected chi connectivity index (χ1v) is 11.3. The summed E-state index contributed by atoms with van der Waals surface area (Å²) in [7, 11) is 4.12. The molecule has 0 saturated carbocycles. The predicted octanol–water partition coefficient (Wildman–Crippen LogP) is 4.25. The summed E-state index contributed by atoms with van der Waals surface area (Å²) in [5.41, 5.74) is 3.76. The molecule has 0 aliphatic carbocycles. The highest BCUT2D eigenvalue weighted by Crippen LogP contribution is 2.27. The number of anilines is 1. The van der Waals surface area contributed by atoms with Crippen molar-refractivity contribution in [3.05, 3.63) is 89.4 Å². The van der Waals surface area contributed by atoms with Crippen molar-refractivity contribution in [3.8, 4) is 0 Å². The van der Waals surface area contributed by atoms with Crippen molar-refractivity contribution in [1.82, 2.24) is 20.2 Å². The van der Waals surface area contributed by atoms with Crippen LogP contribution in [0.5, 0.6) is 0 Å². The van der Waals surface area contributed by atoms with Crippen molar-refractivity contribution in [2.45, 2.75) is 31.2 Å². The Morgan fingerprint density at radius 1 is 0.968 bits per heavy atom. The van der Waals surface area contributed by atoms with E-state index in [0.717, 1.165) is 56.4 Å². The van der Waals surface area contributed by atoms with Crippen molar-refractivity contribution in [3.63, 3.8) is 0 Å². The van der Waals surface area contributed by atoms with Gasteiger partial charge in [0, 0.05) is 38.0 Å². The van der Waals surface area contributed by atoms with Crippen molar-refractivity contribution < 1.29 is 0 Å². The first-order chi connectivity index (χ1) is 15.2. The van der Waals surface area contributed by atoms with Gasteiger partial charge in [-0.05, 0) is 44.1 Å². The Balaban J connectivity index is 1.53. The van der Waals surface area contributed by atoms with E-state index in [1.165, 1.54) is 11.1 Å². The minimum Gasteiger partial charge on any atom is -0.373 e. The molecule has 162 valence electrons. The maximum atomic E-state index is 4.98. The van der Waals surface area contributed by atoms with Crippen LogP contribution in [0.3, 0.4) is 0 Å². The van der Waals surface area contributed by atoms with Gasteiger partial charge in [-0.1, -0.05) is 60.7 Å². The van der Waals surface area contributed by atoms with Gasteiger partial charge in [0.1, 0.15) is 11.6 Å². The Kier molecular flexibility index (Phi) is 7.28. The van der Waals surface area contributed by atoms with Gasteiger partial charge in [0.15, 0.2) is 0 Å². The Labute approximate surface area is 185 Å². The quantitative estimate of drug-likeness (QED) is 0.576. The van der Waals surface area contributed by atoms with E-state index in [2.05, 4.69) is 89.3 Å². The second-order valence-corrected chi connectivity index (χ2v) is 8.45. The molecular weight excluding hydrogens is 382 g/mol. The molecule has 5 nitrogen and oxygen atoms in total. The van der Waals surface area contributed by atoms with Crippen LogP contribution in [0.1, 0.15) is 47.3 Å². The van der Waals surface area contributed by atoms with E-state index in [0.29, 0.717) is 11.8 Å². The third-order valence-corrected chi connectivity index (χ3v) is 6.09. The predicted molar refractivity (Wildman–Crippen MR) is 127 cm³/mol. The van der Waals surface area contributed by atoms with Crippen LogP contribution >= 0.6 is 0 Å². The molecule has 1 aliphatic rings. The molecule has 1 fully saturated rings. The largest absolute Gasteiger partial charge is 0.373 e. The molecule has 1 aromatic heterocycles. The van der Waals surface area contributed by atoms with E-state index in [-0.39, 0.29) is 0 Å². The number of benzene rings is 2. The van der Waals surface area contributed by atoms with Gasteiger partial charge in [0.25, 0.3) is 0 Å². The molecule has 4 rings (SSSR count). The smallest absolute Gasteiger partial charge is 0.134 e. The van der Waals surface area contributed by atoms with Crippen molar-refractivity contribution in [1.29, 1.82) is 0 Å². The van der Waals surface area contributed by atoms with Crippen LogP contribution in [-0.2, 0) is 6.54 Å². The van der Waals surface area contributed by atoms with E-state index >= 15 is 0 Å². The maximum absolute atomic E-state index is 4.98. The van der Waals surface area contributed by atoms with Crippen molar-refractivity contribution in [2.75, 3.05) is 39.0 Å². The van der Waals surface area contributed by atoms with Gasteiger partial charge in [-0.25, -0.2) is 9.97 Å². The third-order valence-electron chi connectivity index (χ3n) is 6.09. The normalized spacial score (nSPS) is 14.8. The maximum Gasteiger partial charge on any atom is 0.134 e. The van der Waals surface area contributed by atoms with Gasteiger partial charge >= 0.3 is 0 Å². The van der Waals surface area contributed by atoms with Gasteiger partial charge in [-0.2, -0.15) is 0 Å². The van der Waals surface area contributed by atoms with Gasteiger partial charge in [-0.15, -0.1) is 0 Å². The molecule has 0 bridgehead atoms. The molecule has 1 aliphatic heterocycles. The topological polar surface area (TPSA) is 53.1 Å². The highest BCUT2D eigenvalue weighted by atomic mass is 15.1. The number of likely N-dealkylation sites (N-methyl/N-ethyl adjacent to an activating group) is 1. The summed E-state index contributed by atoms with van der Waals surface area (Å²) >= 11 is 0. The molecule has 0 amide bonds. The lowest BCUT2D eigenvalue weighted by atomic mass is 9.91. The number of nitrogens with zero attached hydrogens (tertiary/aromatic N) is 3. The van der Waals surface area contributed by atoms with Crippen LogP contribution in [0.4, 0.5) is 5.82 Å². The lowest BCUT2D eigenvalue weighted by Crippen LogP contribution is -2.28. The van der Waals surface area contributed by atoms with Crippen LogP contribution in [0.2, 0.25) is 0 Å². The van der Waals surface area contributed by atoms with Crippen LogP contribution in [0.15, 0.2) is 66.7 Å². The second-order valence-electron chi connectivity index (χ2n) is 8.45. The first kappa shape index (κ1) is 21.5. The zero-order valence-corrected chi connectivity index (χ0v) is 18.6. The molecule has 0 spiro atoms. The van der Waals surface area contributed by atoms with E-state index in [1.807, 2.05) is 7.05 Å². The van der Waals surface area contributed by atoms with Crippen LogP contribution in [0, 0.1) is 0 Å². The fourth-order valence-corrected chi connectivity index (χ4v) is 4.42. The molecule has 3 aromatic rings. The average molecular weight is 416 g/mol. The Bertz CT molecular complexity index is 899. The zero-order valence-electron chi connectivity index (χ0n) is 18.6. The average Bonchev–Trinajstić information content (AvgIpc) is 2.84. The Morgan fingerprint density at radius 3 is 2.16 bits per heavy atom. The SMILES string of the molecule is CNc1cc(CN(C)CC(c2ccccc2)c2ccccc2)nc(C2CCNCC2)n1. The van der Waals surface area contributed by atoms with E-state index in [9.17, 15) is 0 Å². The summed E-state index contributed by atoms with van der Waals surface area (Å²) in [6, 6.07) is 23.7. The summed E-state index contributed by atoms with van der Waals surface area (Å²) in [5.74, 6) is 2.66. The lowest BCUT2D eigenvalue weighted by Gasteiger charge is -2.26. The number of hydrogen-bond donors (Lipinski definition) is 2. The highest BCUT2D eigenvalue weighted by molar-refractivity contribution is 5.36. The number of aromatic nitrogens is 2. The van der Waals surface area contributed by atoms with Gasteiger partial charge in [0.05, 0.1) is 5.69 Å². The fourth-order valence-electron chi connectivity index (χ4n) is 4.42. The molecular formula is C26H33N5. The van der Waals surface area contributed by atoms with Crippen LogP contribution < -0.4 is 10.6 Å². The highest BCUT2D eigenvalue weighted by Gasteiger charge is 2.21. The van der Waals surface area contributed by atoms with Gasteiger partial charge in [-0.3, -0.25) is 4.90 Å². The van der Waals surface area contributed by atoms with Gasteiger partial charge < -0.3 is 10.6 Å². The van der Waals surface area contributed by atoms with Crippen LogP contribution in [0.25, 0.3) is 0 Å². The van der Waals surface area contributed by atoms with E-state index < -0.39 is 0 Å². The molecule has 0 atom stereocenters. The van der Waals surface area contributed by atoms with E-state index in [4.69, 9.17) is 9.97 Å². The second kappa shape index (κ2) is 10.5. The summed E-state index contributed by atoms with van der Waals surface area (Å²) in [4.78, 5) is 12.1. The van der Waals surface area contributed by atoms with Crippen molar-refractivity contribution in [2.24, 2.45) is 0 Å². The summed E-state index contributed by atoms with van der Waals surface area (Å²) in [5, 5.41) is 6.66. The molecule has 2 N–H and O–H groups in total. The molecule has 2 aromatic carbocycles. The molecule has 5 heteroatoms. The van der Waals surface area contributed by atoms with Crippen molar-refractivity contribution >= 4 is 5.82 Å². The molecule has 31 heavy (non-hydrogen) atoms. The number of rotatable bonds is 8. The zero-order chi connectivity index (χ0) is 21.5. The monoisotopic (exact) mass is 415 g/mol. The Hall–Kier alpha value is -2.76. The molecule has 0 unspecified atom stereocenters. The summed E-state index contributed by atoms with van der Waals surface area (Å²) in [6.45, 7) is 3.81. The minimum absolute atomic E-state index is 0.321. The molecule has 2 heterocycles. The summed E-state index contributed by atoms with van der Waals surface area (Å²) in [6.07, 6.45) is 2.21. The van der Waals surface area contributed by atoms with Gasteiger partial charge in [0.2, 0.25) is 0 Å². The minimum atomic E-state index is 0.321. The molecule has 1 saturated heterocycles. The van der Waals surface area contributed by atoms with E-state index in [1.54, 1.807) is 0 Å². The number of nitrogens with one attached hydrogen (secondary N) is 2. The fraction of sp³-hybridized carbons (Fsp3) is 0.385. The van der Waals surface area contributed by atoms with Crippen LogP contribution in [-0.4, -0.2) is 48.6 Å². The number of hydrogen-bond acceptors (Lipinski definition) is 5. The molecule has 0 radical (unpaired) electrons. The standard InChI is InChI=1S/C26H33N5/c1-27-25-17-23(29-26(30-25)22-13-15-28-16-14-22)18-31(2)19-24(20-9-5-3-6-10-20)21-11-7-4-8-12-21/h3-12,17,22,24,28H,13-16,18-19H2,1-2H3,(H,27,29,30). The first-order valence-electron chi connectivity index (χ1n) is 11.3. The number of piperidine rings is 1. The summed E-state index contributed by atoms with van der Waals surface area (Å²) < 4.78 is 0.